The Morgan fingerprint density at radius 2 is 2.20 bits per heavy atom. The number of carboxylic acids is 1. The van der Waals surface area contributed by atoms with Crippen LogP contribution in [-0.2, 0) is 4.79 Å². The Bertz CT molecular complexity index is 343. The molecule has 1 rings (SSSR count). The van der Waals surface area contributed by atoms with E-state index in [1.165, 1.54) is 0 Å². The van der Waals surface area contributed by atoms with Crippen LogP contribution in [0, 0.1) is 0 Å². The molecule has 1 aromatic carbocycles. The number of ether oxygens (including phenoxy) is 1. The van der Waals surface area contributed by atoms with Crippen molar-refractivity contribution in [3.63, 3.8) is 0 Å². The van der Waals surface area contributed by atoms with Gasteiger partial charge in [0.15, 0.2) is 0 Å². The van der Waals surface area contributed by atoms with Crippen LogP contribution in [0.4, 0.5) is 0 Å². The van der Waals surface area contributed by atoms with Gasteiger partial charge in [0.25, 0.3) is 0 Å². The largest absolute Gasteiger partial charge is 0.491 e. The van der Waals surface area contributed by atoms with Crippen LogP contribution in [0.3, 0.4) is 0 Å². The maximum atomic E-state index is 10.3. The number of rotatable bonds is 5. The average Bonchev–Trinajstić information content (AvgIpc) is 2.15. The van der Waals surface area contributed by atoms with Gasteiger partial charge in [0.2, 0.25) is 0 Å². The van der Waals surface area contributed by atoms with Gasteiger partial charge in [-0.25, -0.2) is 0 Å². The fourth-order valence-electron chi connectivity index (χ4n) is 1.04. The predicted molar refractivity (Wildman–Crippen MR) is 59.9 cm³/mol. The molecule has 82 valence electrons. The number of aliphatic carboxylic acids is 1. The second-order valence-electron chi connectivity index (χ2n) is 3.10. The molecule has 0 bridgehead atoms. The Labute approximate surface area is 96.2 Å². The molecule has 3 N–H and O–H groups in total. The lowest BCUT2D eigenvalue weighted by Gasteiger charge is -2.11. The molecule has 0 heterocycles. The number of carbonyl (C=O) groups is 1. The second-order valence-corrected chi connectivity index (χ2v) is 3.95. The van der Waals surface area contributed by atoms with Crippen LogP contribution in [0.2, 0.25) is 0 Å². The fourth-order valence-corrected chi connectivity index (χ4v) is 1.44. The summed E-state index contributed by atoms with van der Waals surface area (Å²) in [7, 11) is 0. The van der Waals surface area contributed by atoms with Gasteiger partial charge in [0, 0.05) is 6.04 Å². The fraction of sp³-hybridized carbons (Fsp3) is 0.300. The van der Waals surface area contributed by atoms with Gasteiger partial charge in [-0.2, -0.15) is 0 Å². The van der Waals surface area contributed by atoms with Gasteiger partial charge in [-0.05, 0) is 28.1 Å². The van der Waals surface area contributed by atoms with E-state index >= 15 is 0 Å². The number of nitrogens with two attached hydrogens (primary N) is 1. The van der Waals surface area contributed by atoms with E-state index in [1.807, 2.05) is 18.2 Å². The van der Waals surface area contributed by atoms with Gasteiger partial charge in [-0.15, -0.1) is 0 Å². The first-order chi connectivity index (χ1) is 7.09. The molecule has 0 aliphatic heterocycles. The zero-order valence-corrected chi connectivity index (χ0v) is 9.61. The molecule has 0 saturated heterocycles. The quantitative estimate of drug-likeness (QED) is 0.856. The standard InChI is InChI=1S/C10H12BrNO3/c11-8-3-1-2-4-9(8)15-6-7(12)5-10(13)14/h1-4,7H,5-6,12H2,(H,13,14). The Morgan fingerprint density at radius 3 is 2.80 bits per heavy atom. The molecule has 0 saturated carbocycles. The number of halogens is 1. The molecule has 0 aromatic heterocycles. The number of carboxylic acid groups (broad SMARTS) is 1. The van der Waals surface area contributed by atoms with Crippen LogP contribution in [0.25, 0.3) is 0 Å². The lowest BCUT2D eigenvalue weighted by molar-refractivity contribution is -0.137. The molecule has 5 heteroatoms. The molecule has 0 fully saturated rings. The summed E-state index contributed by atoms with van der Waals surface area (Å²) in [6, 6.07) is 6.85. The van der Waals surface area contributed by atoms with E-state index in [0.29, 0.717) is 5.75 Å². The highest BCUT2D eigenvalue weighted by atomic mass is 79.9. The van der Waals surface area contributed by atoms with Gasteiger partial charge in [0.05, 0.1) is 10.9 Å². The van der Waals surface area contributed by atoms with Crippen molar-refractivity contribution in [2.75, 3.05) is 6.61 Å². The van der Waals surface area contributed by atoms with Crippen molar-refractivity contribution in [1.29, 1.82) is 0 Å². The number of para-hydroxylation sites is 1. The average molecular weight is 274 g/mol. The highest BCUT2D eigenvalue weighted by molar-refractivity contribution is 9.10. The number of benzene rings is 1. The summed E-state index contributed by atoms with van der Waals surface area (Å²) in [5, 5.41) is 8.49. The molecule has 0 spiro atoms. The van der Waals surface area contributed by atoms with Crippen LogP contribution in [0.1, 0.15) is 6.42 Å². The maximum Gasteiger partial charge on any atom is 0.305 e. The van der Waals surface area contributed by atoms with Crippen molar-refractivity contribution in [3.05, 3.63) is 28.7 Å². The van der Waals surface area contributed by atoms with E-state index in [4.69, 9.17) is 15.6 Å². The Morgan fingerprint density at radius 1 is 1.53 bits per heavy atom. The maximum absolute atomic E-state index is 10.3. The van der Waals surface area contributed by atoms with Crippen molar-refractivity contribution in [2.24, 2.45) is 5.73 Å². The highest BCUT2D eigenvalue weighted by Gasteiger charge is 2.09. The van der Waals surface area contributed by atoms with Crippen LogP contribution in [-0.4, -0.2) is 23.7 Å². The third kappa shape index (κ3) is 4.31. The normalized spacial score (nSPS) is 12.1. The summed E-state index contributed by atoms with van der Waals surface area (Å²) in [6.45, 7) is 0.189. The van der Waals surface area contributed by atoms with E-state index < -0.39 is 12.0 Å². The summed E-state index contributed by atoms with van der Waals surface area (Å²) in [4.78, 5) is 10.3. The van der Waals surface area contributed by atoms with Crippen LogP contribution >= 0.6 is 15.9 Å². The summed E-state index contributed by atoms with van der Waals surface area (Å²) in [5.74, 6) is -0.253. The van der Waals surface area contributed by atoms with Crippen molar-refractivity contribution in [2.45, 2.75) is 12.5 Å². The molecule has 0 aliphatic rings. The lowest BCUT2D eigenvalue weighted by atomic mass is 10.2. The SMILES string of the molecule is NC(COc1ccccc1Br)CC(=O)O. The molecule has 0 amide bonds. The minimum absolute atomic E-state index is 0.0928. The third-order valence-corrected chi connectivity index (χ3v) is 2.38. The van der Waals surface area contributed by atoms with E-state index in [-0.39, 0.29) is 13.0 Å². The topological polar surface area (TPSA) is 72.5 Å². The van der Waals surface area contributed by atoms with Gasteiger partial charge in [-0.1, -0.05) is 12.1 Å². The molecule has 1 atom stereocenters. The van der Waals surface area contributed by atoms with Gasteiger partial charge in [-0.3, -0.25) is 4.79 Å². The van der Waals surface area contributed by atoms with E-state index in [9.17, 15) is 4.79 Å². The van der Waals surface area contributed by atoms with Crippen molar-refractivity contribution >= 4 is 21.9 Å². The molecule has 1 unspecified atom stereocenters. The number of hydrogen-bond donors (Lipinski definition) is 2. The second kappa shape index (κ2) is 5.72. The van der Waals surface area contributed by atoms with Crippen molar-refractivity contribution in [3.8, 4) is 5.75 Å². The van der Waals surface area contributed by atoms with Crippen LogP contribution in [0.5, 0.6) is 5.75 Å². The minimum Gasteiger partial charge on any atom is -0.491 e. The van der Waals surface area contributed by atoms with Gasteiger partial charge < -0.3 is 15.6 Å². The van der Waals surface area contributed by atoms with E-state index in [1.54, 1.807) is 6.07 Å². The number of hydrogen-bond acceptors (Lipinski definition) is 3. The van der Waals surface area contributed by atoms with Crippen molar-refractivity contribution < 1.29 is 14.6 Å². The molecular weight excluding hydrogens is 262 g/mol. The molecule has 4 nitrogen and oxygen atoms in total. The first-order valence-corrected chi connectivity index (χ1v) is 5.23. The summed E-state index contributed by atoms with van der Waals surface area (Å²) in [6.07, 6.45) is -0.0928. The van der Waals surface area contributed by atoms with Crippen LogP contribution in [0.15, 0.2) is 28.7 Å². The zero-order valence-electron chi connectivity index (χ0n) is 8.02. The van der Waals surface area contributed by atoms with Crippen molar-refractivity contribution in [1.82, 2.24) is 0 Å². The zero-order chi connectivity index (χ0) is 11.3. The first kappa shape index (κ1) is 12.0. The summed E-state index contributed by atoms with van der Waals surface area (Å²) in [5.41, 5.74) is 5.55. The lowest BCUT2D eigenvalue weighted by Crippen LogP contribution is -2.30. The van der Waals surface area contributed by atoms with E-state index in [0.717, 1.165) is 4.47 Å². The third-order valence-electron chi connectivity index (χ3n) is 1.73. The minimum atomic E-state index is -0.918. The van der Waals surface area contributed by atoms with Gasteiger partial charge in [0.1, 0.15) is 12.4 Å². The molecular formula is C10H12BrNO3. The Hall–Kier alpha value is -1.07. The Kier molecular flexibility index (Phi) is 4.58. The highest BCUT2D eigenvalue weighted by Crippen LogP contribution is 2.23. The monoisotopic (exact) mass is 273 g/mol. The molecule has 0 radical (unpaired) electrons. The van der Waals surface area contributed by atoms with Crippen LogP contribution < -0.4 is 10.5 Å². The molecule has 15 heavy (non-hydrogen) atoms. The molecule has 1 aromatic rings. The first-order valence-electron chi connectivity index (χ1n) is 4.44. The van der Waals surface area contributed by atoms with E-state index in [2.05, 4.69) is 15.9 Å². The summed E-state index contributed by atoms with van der Waals surface area (Å²) >= 11 is 3.32. The predicted octanol–water partition coefficient (Wildman–Crippen LogP) is 1.63. The Balaban J connectivity index is 2.43. The smallest absolute Gasteiger partial charge is 0.305 e. The van der Waals surface area contributed by atoms with Gasteiger partial charge >= 0.3 is 5.97 Å². The molecule has 0 aliphatic carbocycles. The summed E-state index contributed by atoms with van der Waals surface area (Å²) < 4.78 is 6.19.